The predicted octanol–water partition coefficient (Wildman–Crippen LogP) is 1.52. The highest BCUT2D eigenvalue weighted by Gasteiger charge is 2.20. The second-order valence-electron chi connectivity index (χ2n) is 3.32. The third-order valence-electron chi connectivity index (χ3n) is 1.90. The molecule has 0 aromatic carbocycles. The highest BCUT2D eigenvalue weighted by Crippen LogP contribution is 2.21. The van der Waals surface area contributed by atoms with Crippen LogP contribution in [0.2, 0.25) is 0 Å². The molecule has 0 unspecified atom stereocenters. The van der Waals surface area contributed by atoms with Gasteiger partial charge in [-0.05, 0) is 26.8 Å². The van der Waals surface area contributed by atoms with Gasteiger partial charge in [0.25, 0.3) is 0 Å². The zero-order chi connectivity index (χ0) is 9.19. The molecule has 0 amide bonds. The largest absolute Gasteiger partial charge is 0.294 e. The van der Waals surface area contributed by atoms with Gasteiger partial charge in [0.15, 0.2) is 0 Å². The summed E-state index contributed by atoms with van der Waals surface area (Å²) in [4.78, 5) is 8.98. The lowest BCUT2D eigenvalue weighted by Gasteiger charge is -2.21. The fourth-order valence-electron chi connectivity index (χ4n) is 0.892. The number of nitrogens with zero attached hydrogens (tertiary/aromatic N) is 1. The van der Waals surface area contributed by atoms with E-state index in [0.717, 1.165) is 11.3 Å². The van der Waals surface area contributed by atoms with Gasteiger partial charge in [0.05, 0.1) is 0 Å². The Labute approximate surface area is 72.5 Å². The van der Waals surface area contributed by atoms with Gasteiger partial charge in [-0.1, -0.05) is 6.07 Å². The van der Waals surface area contributed by atoms with Crippen LogP contribution in [0.15, 0.2) is 18.3 Å². The summed E-state index contributed by atoms with van der Waals surface area (Å²) in [6.45, 7) is 5.75. The Bertz CT molecular complexity index is 254. The number of hydrogen-bond donors (Lipinski definition) is 1. The number of nitrogens with two attached hydrogens (primary N) is 1. The number of aryl methyl sites for hydroxylation is 1. The summed E-state index contributed by atoms with van der Waals surface area (Å²) in [6.07, 6.45) is 1.78. The normalized spacial score (nSPS) is 11.7. The second-order valence-corrected chi connectivity index (χ2v) is 3.32. The smallest absolute Gasteiger partial charge is 0.110 e. The molecule has 0 spiro atoms. The molecule has 0 atom stereocenters. The van der Waals surface area contributed by atoms with Crippen molar-refractivity contribution in [2.24, 2.45) is 5.90 Å². The first-order chi connectivity index (χ1) is 5.56. The van der Waals surface area contributed by atoms with Crippen molar-refractivity contribution in [2.75, 3.05) is 0 Å². The fraction of sp³-hybridized carbons (Fsp3) is 0.444. The quantitative estimate of drug-likeness (QED) is 0.677. The van der Waals surface area contributed by atoms with Gasteiger partial charge in [-0.25, -0.2) is 5.90 Å². The molecule has 0 saturated heterocycles. The molecule has 0 saturated carbocycles. The predicted molar refractivity (Wildman–Crippen MR) is 47.3 cm³/mol. The molecule has 1 heterocycles. The lowest BCUT2D eigenvalue weighted by molar-refractivity contribution is -0.0238. The Balaban J connectivity index is 2.96. The van der Waals surface area contributed by atoms with Crippen molar-refractivity contribution in [1.29, 1.82) is 0 Å². The Kier molecular flexibility index (Phi) is 2.45. The summed E-state index contributed by atoms with van der Waals surface area (Å²) in [5.74, 6) is 5.15. The second kappa shape index (κ2) is 3.21. The van der Waals surface area contributed by atoms with Crippen LogP contribution in [-0.4, -0.2) is 4.98 Å². The molecular formula is C9H14N2O. The van der Waals surface area contributed by atoms with Gasteiger partial charge in [0.1, 0.15) is 5.60 Å². The topological polar surface area (TPSA) is 48.1 Å². The van der Waals surface area contributed by atoms with Crippen molar-refractivity contribution < 1.29 is 4.84 Å². The van der Waals surface area contributed by atoms with Crippen LogP contribution in [0.25, 0.3) is 0 Å². The van der Waals surface area contributed by atoms with E-state index in [0.29, 0.717) is 0 Å². The lowest BCUT2D eigenvalue weighted by Crippen LogP contribution is -2.25. The average Bonchev–Trinajstić information content (AvgIpc) is 2.05. The zero-order valence-electron chi connectivity index (χ0n) is 7.66. The van der Waals surface area contributed by atoms with Gasteiger partial charge in [-0.3, -0.25) is 9.82 Å². The standard InChI is InChI=1S/C9H14N2O/c1-7-4-5-8(6-11-7)9(2,3)12-10/h4-6H,10H2,1-3H3. The Morgan fingerprint density at radius 1 is 1.42 bits per heavy atom. The molecular weight excluding hydrogens is 152 g/mol. The van der Waals surface area contributed by atoms with Gasteiger partial charge < -0.3 is 0 Å². The first-order valence-corrected chi connectivity index (χ1v) is 3.87. The third-order valence-corrected chi connectivity index (χ3v) is 1.90. The summed E-state index contributed by atoms with van der Waals surface area (Å²) >= 11 is 0. The van der Waals surface area contributed by atoms with Gasteiger partial charge in [-0.15, -0.1) is 0 Å². The number of hydrogen-bond acceptors (Lipinski definition) is 3. The minimum absolute atomic E-state index is 0.458. The maximum Gasteiger partial charge on any atom is 0.110 e. The van der Waals surface area contributed by atoms with E-state index in [9.17, 15) is 0 Å². The lowest BCUT2D eigenvalue weighted by atomic mass is 10.0. The Morgan fingerprint density at radius 3 is 2.50 bits per heavy atom. The van der Waals surface area contributed by atoms with Crippen molar-refractivity contribution >= 4 is 0 Å². The Hall–Kier alpha value is -0.930. The van der Waals surface area contributed by atoms with E-state index < -0.39 is 5.60 Å². The Morgan fingerprint density at radius 2 is 2.08 bits per heavy atom. The highest BCUT2D eigenvalue weighted by atomic mass is 16.6. The van der Waals surface area contributed by atoms with Crippen LogP contribution in [0.5, 0.6) is 0 Å². The number of aromatic nitrogens is 1. The van der Waals surface area contributed by atoms with E-state index in [1.54, 1.807) is 6.20 Å². The molecule has 12 heavy (non-hydrogen) atoms. The summed E-state index contributed by atoms with van der Waals surface area (Å²) in [7, 11) is 0. The van der Waals surface area contributed by atoms with E-state index >= 15 is 0 Å². The van der Waals surface area contributed by atoms with E-state index in [4.69, 9.17) is 10.7 Å². The van der Waals surface area contributed by atoms with Crippen LogP contribution in [0, 0.1) is 6.92 Å². The monoisotopic (exact) mass is 166 g/mol. The van der Waals surface area contributed by atoms with E-state index in [-0.39, 0.29) is 0 Å². The number of pyridine rings is 1. The van der Waals surface area contributed by atoms with Gasteiger partial charge >= 0.3 is 0 Å². The third kappa shape index (κ3) is 1.81. The number of rotatable bonds is 2. The van der Waals surface area contributed by atoms with Crippen LogP contribution in [0.1, 0.15) is 25.1 Å². The molecule has 0 aliphatic carbocycles. The van der Waals surface area contributed by atoms with Crippen molar-refractivity contribution in [1.82, 2.24) is 4.98 Å². The van der Waals surface area contributed by atoms with Crippen LogP contribution >= 0.6 is 0 Å². The van der Waals surface area contributed by atoms with Crippen LogP contribution in [-0.2, 0) is 10.4 Å². The maximum absolute atomic E-state index is 5.15. The molecule has 3 heteroatoms. The molecule has 0 fully saturated rings. The van der Waals surface area contributed by atoms with Crippen LogP contribution < -0.4 is 5.90 Å². The summed E-state index contributed by atoms with van der Waals surface area (Å²) in [5, 5.41) is 0. The van der Waals surface area contributed by atoms with E-state index in [2.05, 4.69) is 4.98 Å². The first-order valence-electron chi connectivity index (χ1n) is 3.87. The minimum atomic E-state index is -0.458. The maximum atomic E-state index is 5.15. The van der Waals surface area contributed by atoms with Crippen molar-refractivity contribution in [2.45, 2.75) is 26.4 Å². The molecule has 1 aromatic rings. The van der Waals surface area contributed by atoms with Crippen LogP contribution in [0.3, 0.4) is 0 Å². The summed E-state index contributed by atoms with van der Waals surface area (Å²) in [5.41, 5.74) is 1.52. The summed E-state index contributed by atoms with van der Waals surface area (Å²) in [6, 6.07) is 3.91. The molecule has 1 aromatic heterocycles. The van der Waals surface area contributed by atoms with Crippen molar-refractivity contribution in [3.8, 4) is 0 Å². The van der Waals surface area contributed by atoms with Crippen LogP contribution in [0.4, 0.5) is 0 Å². The van der Waals surface area contributed by atoms with E-state index in [1.165, 1.54) is 0 Å². The van der Waals surface area contributed by atoms with Gasteiger partial charge in [0.2, 0.25) is 0 Å². The molecule has 0 radical (unpaired) electrons. The molecule has 3 nitrogen and oxygen atoms in total. The molecule has 0 aliphatic rings. The van der Waals surface area contributed by atoms with Crippen molar-refractivity contribution in [3.63, 3.8) is 0 Å². The molecule has 0 aliphatic heterocycles. The van der Waals surface area contributed by atoms with Crippen molar-refractivity contribution in [3.05, 3.63) is 29.6 Å². The zero-order valence-corrected chi connectivity index (χ0v) is 7.66. The molecule has 2 N–H and O–H groups in total. The van der Waals surface area contributed by atoms with E-state index in [1.807, 2.05) is 32.9 Å². The average molecular weight is 166 g/mol. The molecule has 0 bridgehead atoms. The van der Waals surface area contributed by atoms with Gasteiger partial charge in [0, 0.05) is 17.5 Å². The first kappa shape index (κ1) is 9.16. The highest BCUT2D eigenvalue weighted by molar-refractivity contribution is 5.18. The molecule has 66 valence electrons. The molecule has 1 rings (SSSR count). The van der Waals surface area contributed by atoms with Gasteiger partial charge in [-0.2, -0.15) is 0 Å². The minimum Gasteiger partial charge on any atom is -0.294 e. The SMILES string of the molecule is Cc1ccc(C(C)(C)ON)cn1. The fourth-order valence-corrected chi connectivity index (χ4v) is 0.892. The summed E-state index contributed by atoms with van der Waals surface area (Å²) < 4.78 is 0.